The second-order valence-electron chi connectivity index (χ2n) is 6.66. The highest BCUT2D eigenvalue weighted by atomic mass is 16.7. The quantitative estimate of drug-likeness (QED) is 0.292. The van der Waals surface area contributed by atoms with Crippen LogP contribution in [-0.2, 0) is 35.0 Å². The van der Waals surface area contributed by atoms with E-state index in [-0.39, 0.29) is 30.4 Å². The zero-order chi connectivity index (χ0) is 24.3. The number of hydrogen-bond acceptors (Lipinski definition) is 9. The lowest BCUT2D eigenvalue weighted by Crippen LogP contribution is -2.28. The Morgan fingerprint density at radius 1 is 0.906 bits per heavy atom. The highest BCUT2D eigenvalue weighted by Crippen LogP contribution is 2.22. The molecule has 3 unspecified atom stereocenters. The van der Waals surface area contributed by atoms with Crippen molar-refractivity contribution in [2.75, 3.05) is 0 Å². The molecule has 0 heterocycles. The summed E-state index contributed by atoms with van der Waals surface area (Å²) in [5, 5.41) is 9.81. The molecule has 0 radical (unpaired) electrons. The summed E-state index contributed by atoms with van der Waals surface area (Å²) in [6.45, 7) is 11.3. The first-order valence-electron chi connectivity index (χ1n) is 10.0. The fourth-order valence-corrected chi connectivity index (χ4v) is 2.60. The van der Waals surface area contributed by atoms with Gasteiger partial charge in [-0.15, -0.1) is 0 Å². The molecule has 32 heavy (non-hydrogen) atoms. The standard InChI is InChI=1S/C23H28O9/c1-6-17(25)29-19(8-3)31-22(27)16-12-10-11-15(13-14(5)24)21(16)23(28)32-20(9-4)30-18(26)7-2/h6-7,10-12,14,19-20,24H,1-2,8-9,13H2,3-5H3. The smallest absolute Gasteiger partial charge is 0.342 e. The van der Waals surface area contributed by atoms with Crippen molar-refractivity contribution in [1.82, 2.24) is 0 Å². The van der Waals surface area contributed by atoms with E-state index in [1.165, 1.54) is 19.1 Å². The van der Waals surface area contributed by atoms with Gasteiger partial charge in [-0.2, -0.15) is 0 Å². The van der Waals surface area contributed by atoms with Crippen LogP contribution in [0.1, 0.15) is 59.9 Å². The lowest BCUT2D eigenvalue weighted by molar-refractivity contribution is -0.164. The minimum atomic E-state index is -1.21. The van der Waals surface area contributed by atoms with Gasteiger partial charge < -0.3 is 24.1 Å². The average Bonchev–Trinajstić information content (AvgIpc) is 2.76. The van der Waals surface area contributed by atoms with Crippen LogP contribution in [0.2, 0.25) is 0 Å². The summed E-state index contributed by atoms with van der Waals surface area (Å²) in [7, 11) is 0. The van der Waals surface area contributed by atoms with Crippen molar-refractivity contribution in [1.29, 1.82) is 0 Å². The summed E-state index contributed by atoms with van der Waals surface area (Å²) < 4.78 is 20.4. The Hall–Kier alpha value is -3.46. The van der Waals surface area contributed by atoms with Crippen LogP contribution >= 0.6 is 0 Å². The summed E-state index contributed by atoms with van der Waals surface area (Å²) in [6, 6.07) is 4.39. The van der Waals surface area contributed by atoms with Gasteiger partial charge in [-0.3, -0.25) is 0 Å². The summed E-state index contributed by atoms with van der Waals surface area (Å²) in [5.41, 5.74) is 0.00281. The minimum absolute atomic E-state index is 0.0391. The molecule has 0 bridgehead atoms. The van der Waals surface area contributed by atoms with Crippen molar-refractivity contribution in [3.05, 3.63) is 60.2 Å². The van der Waals surface area contributed by atoms with Gasteiger partial charge in [0.1, 0.15) is 0 Å². The van der Waals surface area contributed by atoms with Crippen molar-refractivity contribution in [3.63, 3.8) is 0 Å². The van der Waals surface area contributed by atoms with Gasteiger partial charge in [-0.05, 0) is 25.0 Å². The first kappa shape index (κ1) is 26.6. The van der Waals surface area contributed by atoms with Gasteiger partial charge in [0, 0.05) is 25.0 Å². The maximum atomic E-state index is 13.0. The molecule has 1 aromatic rings. The highest BCUT2D eigenvalue weighted by Gasteiger charge is 2.28. The summed E-state index contributed by atoms with van der Waals surface area (Å²) in [6.07, 6.45) is -1.04. The van der Waals surface area contributed by atoms with Gasteiger partial charge >= 0.3 is 23.9 Å². The van der Waals surface area contributed by atoms with E-state index >= 15 is 0 Å². The minimum Gasteiger partial charge on any atom is -0.422 e. The fourth-order valence-electron chi connectivity index (χ4n) is 2.60. The van der Waals surface area contributed by atoms with Crippen molar-refractivity contribution in [2.24, 2.45) is 0 Å². The molecule has 0 aromatic heterocycles. The molecule has 0 saturated carbocycles. The number of esters is 4. The Labute approximate surface area is 186 Å². The molecule has 1 N–H and O–H groups in total. The van der Waals surface area contributed by atoms with E-state index in [2.05, 4.69) is 13.2 Å². The first-order chi connectivity index (χ1) is 15.2. The summed E-state index contributed by atoms with van der Waals surface area (Å²) in [5.74, 6) is -3.45. The van der Waals surface area contributed by atoms with E-state index < -0.39 is 42.6 Å². The maximum Gasteiger partial charge on any atom is 0.342 e. The van der Waals surface area contributed by atoms with Crippen molar-refractivity contribution < 1.29 is 43.2 Å². The van der Waals surface area contributed by atoms with Crippen molar-refractivity contribution in [2.45, 2.75) is 58.7 Å². The SMILES string of the molecule is C=CC(=O)OC(CC)OC(=O)c1cccc(CC(C)O)c1C(=O)OC(CC)OC(=O)C=C. The van der Waals surface area contributed by atoms with Crippen LogP contribution in [0, 0.1) is 0 Å². The third kappa shape index (κ3) is 7.99. The topological polar surface area (TPSA) is 125 Å². The monoisotopic (exact) mass is 448 g/mol. The number of carbonyl (C=O) groups is 4. The second kappa shape index (κ2) is 13.1. The molecule has 0 fully saturated rings. The van der Waals surface area contributed by atoms with Crippen LogP contribution in [0.15, 0.2) is 43.5 Å². The number of rotatable bonds is 12. The first-order valence-corrected chi connectivity index (χ1v) is 10.0. The van der Waals surface area contributed by atoms with Gasteiger partial charge in [0.15, 0.2) is 0 Å². The number of carbonyl (C=O) groups excluding carboxylic acids is 4. The van der Waals surface area contributed by atoms with Gasteiger partial charge in [-0.25, -0.2) is 19.2 Å². The van der Waals surface area contributed by atoms with E-state index in [1.807, 2.05) is 0 Å². The van der Waals surface area contributed by atoms with Gasteiger partial charge in [-0.1, -0.05) is 39.1 Å². The van der Waals surface area contributed by atoms with E-state index in [9.17, 15) is 24.3 Å². The van der Waals surface area contributed by atoms with Crippen LogP contribution in [0.5, 0.6) is 0 Å². The summed E-state index contributed by atoms with van der Waals surface area (Å²) >= 11 is 0. The third-order valence-corrected chi connectivity index (χ3v) is 4.06. The summed E-state index contributed by atoms with van der Waals surface area (Å²) in [4.78, 5) is 48.7. The highest BCUT2D eigenvalue weighted by molar-refractivity contribution is 6.04. The third-order valence-electron chi connectivity index (χ3n) is 4.06. The van der Waals surface area contributed by atoms with Crippen LogP contribution in [0.3, 0.4) is 0 Å². The molecular formula is C23H28O9. The van der Waals surface area contributed by atoms with Crippen LogP contribution < -0.4 is 0 Å². The van der Waals surface area contributed by atoms with E-state index in [0.717, 1.165) is 12.2 Å². The van der Waals surface area contributed by atoms with Crippen LogP contribution in [0.25, 0.3) is 0 Å². The Morgan fingerprint density at radius 3 is 1.84 bits per heavy atom. The molecular weight excluding hydrogens is 420 g/mol. The van der Waals surface area contributed by atoms with E-state index in [1.54, 1.807) is 19.9 Å². The largest absolute Gasteiger partial charge is 0.422 e. The molecule has 0 spiro atoms. The molecule has 1 aromatic carbocycles. The maximum absolute atomic E-state index is 13.0. The lowest BCUT2D eigenvalue weighted by Gasteiger charge is -2.20. The molecule has 0 amide bonds. The van der Waals surface area contributed by atoms with Gasteiger partial charge in [0.05, 0.1) is 17.2 Å². The zero-order valence-electron chi connectivity index (χ0n) is 18.4. The molecule has 174 valence electrons. The van der Waals surface area contributed by atoms with E-state index in [4.69, 9.17) is 18.9 Å². The molecule has 3 atom stereocenters. The fraction of sp³-hybridized carbons (Fsp3) is 0.391. The van der Waals surface area contributed by atoms with Crippen molar-refractivity contribution >= 4 is 23.9 Å². The molecule has 1 rings (SSSR count). The molecule has 0 aliphatic rings. The van der Waals surface area contributed by atoms with Gasteiger partial charge in [0.2, 0.25) is 12.6 Å². The molecule has 9 nitrogen and oxygen atoms in total. The Morgan fingerprint density at radius 2 is 1.41 bits per heavy atom. The second-order valence-corrected chi connectivity index (χ2v) is 6.66. The predicted octanol–water partition coefficient (Wildman–Crippen LogP) is 2.85. The molecule has 0 saturated heterocycles. The molecule has 0 aliphatic carbocycles. The predicted molar refractivity (Wildman–Crippen MR) is 113 cm³/mol. The Balaban J connectivity index is 3.29. The van der Waals surface area contributed by atoms with Gasteiger partial charge in [0.25, 0.3) is 0 Å². The zero-order valence-corrected chi connectivity index (χ0v) is 18.4. The number of aliphatic hydroxyl groups excluding tert-OH is 1. The molecule has 9 heteroatoms. The number of hydrogen-bond donors (Lipinski definition) is 1. The Kier molecular flexibility index (Phi) is 10.8. The number of benzene rings is 1. The van der Waals surface area contributed by atoms with Crippen molar-refractivity contribution in [3.8, 4) is 0 Å². The average molecular weight is 448 g/mol. The lowest BCUT2D eigenvalue weighted by atomic mass is 9.97. The number of ether oxygens (including phenoxy) is 4. The van der Waals surface area contributed by atoms with Crippen LogP contribution in [-0.4, -0.2) is 47.7 Å². The normalized spacial score (nSPS) is 13.1. The Bertz CT molecular complexity index is 857. The van der Waals surface area contributed by atoms with Crippen LogP contribution in [0.4, 0.5) is 0 Å². The molecule has 0 aliphatic heterocycles. The van der Waals surface area contributed by atoms with E-state index in [0.29, 0.717) is 5.56 Å². The number of aliphatic hydroxyl groups is 1.